The Labute approximate surface area is 109 Å². The van der Waals surface area contributed by atoms with Crippen LogP contribution in [-0.4, -0.2) is 17.9 Å². The molecule has 0 unspecified atom stereocenters. The Morgan fingerprint density at radius 2 is 2.16 bits per heavy atom. The summed E-state index contributed by atoms with van der Waals surface area (Å²) < 4.78 is 18.6. The predicted octanol–water partition coefficient (Wildman–Crippen LogP) is 1.95. The van der Waals surface area contributed by atoms with Crippen molar-refractivity contribution in [1.29, 1.82) is 0 Å². The Kier molecular flexibility index (Phi) is 3.61. The van der Waals surface area contributed by atoms with Gasteiger partial charge in [-0.3, -0.25) is 4.79 Å². The average Bonchev–Trinajstić information content (AvgIpc) is 2.42. The molecule has 1 aromatic heterocycles. The third-order valence-electron chi connectivity index (χ3n) is 2.38. The molecule has 0 spiro atoms. The number of nitrogen functional groups attached to an aromatic ring is 1. The molecule has 0 saturated carbocycles. The van der Waals surface area contributed by atoms with Gasteiger partial charge in [0.15, 0.2) is 0 Å². The van der Waals surface area contributed by atoms with Crippen molar-refractivity contribution in [3.63, 3.8) is 0 Å². The molecule has 3 N–H and O–H groups in total. The molecule has 5 nitrogen and oxygen atoms in total. The first-order valence-electron chi connectivity index (χ1n) is 5.52. The van der Waals surface area contributed by atoms with Gasteiger partial charge in [-0.2, -0.15) is 0 Å². The van der Waals surface area contributed by atoms with Gasteiger partial charge in [0.2, 0.25) is 5.88 Å². The van der Waals surface area contributed by atoms with Crippen LogP contribution in [0.2, 0.25) is 0 Å². The van der Waals surface area contributed by atoms with E-state index in [4.69, 9.17) is 10.5 Å². The lowest BCUT2D eigenvalue weighted by Gasteiger charge is -2.07. The second kappa shape index (κ2) is 5.34. The molecule has 2 aromatic rings. The molecule has 98 valence electrons. The molecule has 0 aliphatic carbocycles. The van der Waals surface area contributed by atoms with Gasteiger partial charge in [0.25, 0.3) is 5.91 Å². The van der Waals surface area contributed by atoms with Gasteiger partial charge in [-0.25, -0.2) is 9.37 Å². The monoisotopic (exact) mass is 261 g/mol. The van der Waals surface area contributed by atoms with E-state index in [1.165, 1.54) is 19.2 Å². The SMILES string of the molecule is CNC(=O)c1cccc(Oc2ccc(N)c(F)c2)n1. The summed E-state index contributed by atoms with van der Waals surface area (Å²) in [5, 5.41) is 2.46. The fourth-order valence-corrected chi connectivity index (χ4v) is 1.42. The van der Waals surface area contributed by atoms with Crippen LogP contribution in [0.4, 0.5) is 10.1 Å². The van der Waals surface area contributed by atoms with Gasteiger partial charge in [0.05, 0.1) is 5.69 Å². The van der Waals surface area contributed by atoms with Crippen molar-refractivity contribution in [3.05, 3.63) is 47.9 Å². The second-order valence-corrected chi connectivity index (χ2v) is 3.73. The quantitative estimate of drug-likeness (QED) is 0.828. The molecule has 0 fully saturated rings. The molecule has 0 radical (unpaired) electrons. The van der Waals surface area contributed by atoms with Gasteiger partial charge in [0, 0.05) is 19.2 Å². The fraction of sp³-hybridized carbons (Fsp3) is 0.0769. The third-order valence-corrected chi connectivity index (χ3v) is 2.38. The largest absolute Gasteiger partial charge is 0.439 e. The maximum Gasteiger partial charge on any atom is 0.269 e. The molecule has 1 aromatic carbocycles. The van der Waals surface area contributed by atoms with Crippen LogP contribution in [0.5, 0.6) is 11.6 Å². The van der Waals surface area contributed by atoms with Crippen molar-refractivity contribution in [1.82, 2.24) is 10.3 Å². The van der Waals surface area contributed by atoms with Crippen LogP contribution in [0.1, 0.15) is 10.5 Å². The lowest BCUT2D eigenvalue weighted by atomic mass is 10.3. The number of nitrogens with zero attached hydrogens (tertiary/aromatic N) is 1. The van der Waals surface area contributed by atoms with Crippen LogP contribution in [-0.2, 0) is 0 Å². The van der Waals surface area contributed by atoms with E-state index in [2.05, 4.69) is 10.3 Å². The van der Waals surface area contributed by atoms with Crippen LogP contribution in [0.25, 0.3) is 0 Å². The zero-order valence-electron chi connectivity index (χ0n) is 10.2. The number of amides is 1. The van der Waals surface area contributed by atoms with E-state index in [-0.39, 0.29) is 28.9 Å². The predicted molar refractivity (Wildman–Crippen MR) is 68.5 cm³/mol. The van der Waals surface area contributed by atoms with Gasteiger partial charge >= 0.3 is 0 Å². The molecule has 2 rings (SSSR count). The first-order chi connectivity index (χ1) is 9.10. The molecule has 0 bridgehead atoms. The topological polar surface area (TPSA) is 77.2 Å². The van der Waals surface area contributed by atoms with Crippen LogP contribution >= 0.6 is 0 Å². The summed E-state index contributed by atoms with van der Waals surface area (Å²) in [5.74, 6) is -0.438. The fourth-order valence-electron chi connectivity index (χ4n) is 1.42. The normalized spacial score (nSPS) is 10.0. The Balaban J connectivity index is 2.23. The Hall–Kier alpha value is -2.63. The average molecular weight is 261 g/mol. The van der Waals surface area contributed by atoms with E-state index in [1.54, 1.807) is 18.2 Å². The molecular formula is C13H12FN3O2. The van der Waals surface area contributed by atoms with Crippen LogP contribution in [0.3, 0.4) is 0 Å². The van der Waals surface area contributed by atoms with E-state index in [0.717, 1.165) is 6.07 Å². The number of nitrogens with two attached hydrogens (primary N) is 1. The molecular weight excluding hydrogens is 249 g/mol. The summed E-state index contributed by atoms with van der Waals surface area (Å²) in [5.41, 5.74) is 5.62. The van der Waals surface area contributed by atoms with E-state index in [1.807, 2.05) is 0 Å². The third kappa shape index (κ3) is 2.98. The van der Waals surface area contributed by atoms with Crippen molar-refractivity contribution in [3.8, 4) is 11.6 Å². The Morgan fingerprint density at radius 3 is 2.84 bits per heavy atom. The van der Waals surface area contributed by atoms with Gasteiger partial charge in [-0.05, 0) is 18.2 Å². The lowest BCUT2D eigenvalue weighted by Crippen LogP contribution is -2.19. The Bertz CT molecular complexity index is 617. The number of pyridine rings is 1. The number of rotatable bonds is 3. The number of halogens is 1. The number of benzene rings is 1. The van der Waals surface area contributed by atoms with Crippen LogP contribution < -0.4 is 15.8 Å². The minimum Gasteiger partial charge on any atom is -0.439 e. The molecule has 1 heterocycles. The van der Waals surface area contributed by atoms with E-state index in [0.29, 0.717) is 0 Å². The van der Waals surface area contributed by atoms with Gasteiger partial charge in [-0.15, -0.1) is 0 Å². The molecule has 0 aliphatic rings. The smallest absolute Gasteiger partial charge is 0.269 e. The van der Waals surface area contributed by atoms with Gasteiger partial charge in [-0.1, -0.05) is 6.07 Å². The number of anilines is 1. The summed E-state index contributed by atoms with van der Waals surface area (Å²) in [6.07, 6.45) is 0. The number of hydrogen-bond acceptors (Lipinski definition) is 4. The zero-order valence-corrected chi connectivity index (χ0v) is 10.2. The number of ether oxygens (including phenoxy) is 1. The van der Waals surface area contributed by atoms with Crippen molar-refractivity contribution in [2.24, 2.45) is 0 Å². The lowest BCUT2D eigenvalue weighted by molar-refractivity contribution is 0.0957. The highest BCUT2D eigenvalue weighted by Crippen LogP contribution is 2.23. The molecule has 1 amide bonds. The maximum atomic E-state index is 13.3. The van der Waals surface area contributed by atoms with Crippen molar-refractivity contribution < 1.29 is 13.9 Å². The van der Waals surface area contributed by atoms with Crippen molar-refractivity contribution >= 4 is 11.6 Å². The first kappa shape index (κ1) is 12.8. The highest BCUT2D eigenvalue weighted by molar-refractivity contribution is 5.92. The molecule has 0 saturated heterocycles. The minimum atomic E-state index is -0.569. The van der Waals surface area contributed by atoms with E-state index < -0.39 is 5.82 Å². The summed E-state index contributed by atoms with van der Waals surface area (Å²) in [7, 11) is 1.51. The molecule has 0 aliphatic heterocycles. The first-order valence-corrected chi connectivity index (χ1v) is 5.52. The summed E-state index contributed by atoms with van der Waals surface area (Å²) in [6, 6.07) is 8.82. The summed E-state index contributed by atoms with van der Waals surface area (Å²) in [6.45, 7) is 0. The van der Waals surface area contributed by atoms with Gasteiger partial charge < -0.3 is 15.8 Å². The minimum absolute atomic E-state index is 0.0411. The second-order valence-electron chi connectivity index (χ2n) is 3.73. The number of hydrogen-bond donors (Lipinski definition) is 2. The van der Waals surface area contributed by atoms with Crippen LogP contribution in [0.15, 0.2) is 36.4 Å². The van der Waals surface area contributed by atoms with E-state index in [9.17, 15) is 9.18 Å². The molecule has 0 atom stereocenters. The number of carbonyl (C=O) groups excluding carboxylic acids is 1. The van der Waals surface area contributed by atoms with Crippen LogP contribution in [0, 0.1) is 5.82 Å². The molecule has 6 heteroatoms. The number of carbonyl (C=O) groups is 1. The summed E-state index contributed by atoms with van der Waals surface area (Å²) in [4.78, 5) is 15.4. The van der Waals surface area contributed by atoms with E-state index >= 15 is 0 Å². The maximum absolute atomic E-state index is 13.3. The number of aromatic nitrogens is 1. The van der Waals surface area contributed by atoms with Crippen molar-refractivity contribution in [2.75, 3.05) is 12.8 Å². The highest BCUT2D eigenvalue weighted by Gasteiger charge is 2.07. The summed E-state index contributed by atoms with van der Waals surface area (Å²) >= 11 is 0. The highest BCUT2D eigenvalue weighted by atomic mass is 19.1. The zero-order chi connectivity index (χ0) is 13.8. The van der Waals surface area contributed by atoms with Gasteiger partial charge in [0.1, 0.15) is 17.3 Å². The molecule has 19 heavy (non-hydrogen) atoms. The Morgan fingerprint density at radius 1 is 1.37 bits per heavy atom. The number of nitrogens with one attached hydrogen (secondary N) is 1. The standard InChI is InChI=1S/C13H12FN3O2/c1-16-13(18)11-3-2-4-12(17-11)19-8-5-6-10(15)9(14)7-8/h2-7H,15H2,1H3,(H,16,18). The van der Waals surface area contributed by atoms with Crippen molar-refractivity contribution in [2.45, 2.75) is 0 Å².